The van der Waals surface area contributed by atoms with Crippen LogP contribution in [0.15, 0.2) is 0 Å². The Hall–Kier alpha value is -0.0800. The van der Waals surface area contributed by atoms with E-state index in [-0.39, 0.29) is 0 Å². The van der Waals surface area contributed by atoms with E-state index in [0.29, 0.717) is 24.6 Å². The zero-order chi connectivity index (χ0) is 8.43. The van der Waals surface area contributed by atoms with E-state index in [4.69, 9.17) is 5.11 Å². The van der Waals surface area contributed by atoms with E-state index in [1.165, 1.54) is 0 Å². The maximum Gasteiger partial charge on any atom is 0.0460 e. The standard InChI is InChI=1S/C9H19NO/c1-7-4-9(6-11)5-8(2)10(7)3/h7-9,11H,4-6H2,1-3H3. The molecule has 0 amide bonds. The first kappa shape index (κ1) is 9.01. The molecule has 2 heteroatoms. The molecule has 0 aromatic rings. The van der Waals surface area contributed by atoms with Gasteiger partial charge >= 0.3 is 0 Å². The number of likely N-dealkylation sites (tertiary alicyclic amines) is 1. The molecule has 0 aromatic carbocycles. The van der Waals surface area contributed by atoms with E-state index in [1.807, 2.05) is 0 Å². The van der Waals surface area contributed by atoms with E-state index >= 15 is 0 Å². The van der Waals surface area contributed by atoms with Crippen molar-refractivity contribution in [2.45, 2.75) is 38.8 Å². The summed E-state index contributed by atoms with van der Waals surface area (Å²) in [6, 6.07) is 1.27. The van der Waals surface area contributed by atoms with Crippen molar-refractivity contribution in [1.82, 2.24) is 4.90 Å². The van der Waals surface area contributed by atoms with Crippen molar-refractivity contribution in [3.63, 3.8) is 0 Å². The summed E-state index contributed by atoms with van der Waals surface area (Å²) in [5.41, 5.74) is 0. The predicted octanol–water partition coefficient (Wildman–Crippen LogP) is 1.10. The van der Waals surface area contributed by atoms with E-state index in [0.717, 1.165) is 12.8 Å². The minimum Gasteiger partial charge on any atom is -0.396 e. The largest absolute Gasteiger partial charge is 0.396 e. The van der Waals surface area contributed by atoms with Gasteiger partial charge in [-0.3, -0.25) is 0 Å². The molecule has 1 aliphatic heterocycles. The lowest BCUT2D eigenvalue weighted by molar-refractivity contribution is 0.0680. The van der Waals surface area contributed by atoms with E-state index in [9.17, 15) is 0 Å². The summed E-state index contributed by atoms with van der Waals surface area (Å²) in [4.78, 5) is 2.40. The smallest absolute Gasteiger partial charge is 0.0460 e. The Morgan fingerprint density at radius 3 is 2.09 bits per heavy atom. The monoisotopic (exact) mass is 157 g/mol. The second-order valence-corrected chi connectivity index (χ2v) is 3.88. The van der Waals surface area contributed by atoms with Crippen LogP contribution < -0.4 is 0 Å². The zero-order valence-corrected chi connectivity index (χ0v) is 7.75. The highest BCUT2D eigenvalue weighted by atomic mass is 16.3. The lowest BCUT2D eigenvalue weighted by atomic mass is 9.88. The van der Waals surface area contributed by atoms with Crippen LogP contribution in [-0.4, -0.2) is 35.7 Å². The summed E-state index contributed by atoms with van der Waals surface area (Å²) in [6.07, 6.45) is 2.30. The van der Waals surface area contributed by atoms with Crippen LogP contribution in [0, 0.1) is 5.92 Å². The average Bonchev–Trinajstić information content (AvgIpc) is 1.99. The molecule has 1 heterocycles. The molecule has 2 nitrogen and oxygen atoms in total. The lowest BCUT2D eigenvalue weighted by Crippen LogP contribution is -2.44. The van der Waals surface area contributed by atoms with Gasteiger partial charge in [0.05, 0.1) is 0 Å². The van der Waals surface area contributed by atoms with Crippen LogP contribution in [0.3, 0.4) is 0 Å². The highest BCUT2D eigenvalue weighted by molar-refractivity contribution is 4.81. The molecule has 1 aliphatic rings. The van der Waals surface area contributed by atoms with Crippen LogP contribution in [0.1, 0.15) is 26.7 Å². The molecule has 1 fully saturated rings. The van der Waals surface area contributed by atoms with Gasteiger partial charge in [0.25, 0.3) is 0 Å². The number of nitrogens with zero attached hydrogens (tertiary/aromatic N) is 1. The summed E-state index contributed by atoms with van der Waals surface area (Å²) in [7, 11) is 2.17. The maximum absolute atomic E-state index is 8.99. The fourth-order valence-electron chi connectivity index (χ4n) is 1.98. The van der Waals surface area contributed by atoms with E-state index in [2.05, 4.69) is 25.8 Å². The molecule has 2 unspecified atom stereocenters. The second-order valence-electron chi connectivity index (χ2n) is 3.88. The molecule has 0 aromatic heterocycles. The summed E-state index contributed by atoms with van der Waals surface area (Å²) >= 11 is 0. The highest BCUT2D eigenvalue weighted by Crippen LogP contribution is 2.25. The topological polar surface area (TPSA) is 23.5 Å². The van der Waals surface area contributed by atoms with Gasteiger partial charge in [0.15, 0.2) is 0 Å². The molecule has 11 heavy (non-hydrogen) atoms. The Morgan fingerprint density at radius 1 is 1.27 bits per heavy atom. The Balaban J connectivity index is 2.47. The molecule has 1 saturated heterocycles. The van der Waals surface area contributed by atoms with Crippen molar-refractivity contribution < 1.29 is 5.11 Å². The molecule has 1 rings (SSSR count). The third-order valence-corrected chi connectivity index (χ3v) is 3.00. The SMILES string of the molecule is CC1CC(CO)CC(C)N1C. The number of rotatable bonds is 1. The first-order valence-electron chi connectivity index (χ1n) is 4.48. The minimum absolute atomic E-state index is 0.364. The second kappa shape index (κ2) is 3.55. The summed E-state index contributed by atoms with van der Waals surface area (Å²) in [6.45, 7) is 4.83. The van der Waals surface area contributed by atoms with Gasteiger partial charge in [-0.25, -0.2) is 0 Å². The van der Waals surface area contributed by atoms with Crippen LogP contribution >= 0.6 is 0 Å². The Bertz CT molecular complexity index is 115. The van der Waals surface area contributed by atoms with Crippen LogP contribution in [0.2, 0.25) is 0 Å². The first-order chi connectivity index (χ1) is 5.15. The van der Waals surface area contributed by atoms with Gasteiger partial charge in [0, 0.05) is 18.7 Å². The quantitative estimate of drug-likeness (QED) is 0.616. The van der Waals surface area contributed by atoms with Gasteiger partial charge in [0.1, 0.15) is 0 Å². The Labute approximate surface area is 69.2 Å². The van der Waals surface area contributed by atoms with Gasteiger partial charge in [-0.2, -0.15) is 0 Å². The third kappa shape index (κ3) is 1.94. The molecule has 0 saturated carbocycles. The summed E-state index contributed by atoms with van der Waals surface area (Å²) in [5, 5.41) is 8.99. The molecular weight excluding hydrogens is 138 g/mol. The van der Waals surface area contributed by atoms with Gasteiger partial charge in [-0.15, -0.1) is 0 Å². The molecule has 0 spiro atoms. The summed E-state index contributed by atoms with van der Waals surface area (Å²) in [5.74, 6) is 0.538. The molecule has 0 radical (unpaired) electrons. The lowest BCUT2D eigenvalue weighted by Gasteiger charge is -2.39. The number of piperidine rings is 1. The van der Waals surface area contributed by atoms with Gasteiger partial charge < -0.3 is 10.0 Å². The van der Waals surface area contributed by atoms with E-state index < -0.39 is 0 Å². The minimum atomic E-state index is 0.364. The number of aliphatic hydroxyl groups is 1. The van der Waals surface area contributed by atoms with Gasteiger partial charge in [-0.1, -0.05) is 0 Å². The van der Waals surface area contributed by atoms with Crippen LogP contribution in [-0.2, 0) is 0 Å². The number of hydrogen-bond acceptors (Lipinski definition) is 2. The van der Waals surface area contributed by atoms with Crippen molar-refractivity contribution in [3.8, 4) is 0 Å². The van der Waals surface area contributed by atoms with Crippen molar-refractivity contribution in [1.29, 1.82) is 0 Å². The molecule has 1 N–H and O–H groups in total. The van der Waals surface area contributed by atoms with Crippen molar-refractivity contribution in [2.24, 2.45) is 5.92 Å². The molecular formula is C9H19NO. The van der Waals surface area contributed by atoms with Crippen LogP contribution in [0.5, 0.6) is 0 Å². The zero-order valence-electron chi connectivity index (χ0n) is 7.75. The molecule has 0 bridgehead atoms. The molecule has 66 valence electrons. The van der Waals surface area contributed by atoms with Crippen molar-refractivity contribution in [2.75, 3.05) is 13.7 Å². The van der Waals surface area contributed by atoms with Crippen molar-refractivity contribution >= 4 is 0 Å². The summed E-state index contributed by atoms with van der Waals surface area (Å²) < 4.78 is 0. The fourth-order valence-corrected chi connectivity index (χ4v) is 1.98. The fraction of sp³-hybridized carbons (Fsp3) is 1.00. The van der Waals surface area contributed by atoms with Crippen LogP contribution in [0.25, 0.3) is 0 Å². The normalized spacial score (nSPS) is 40.9. The maximum atomic E-state index is 8.99. The Morgan fingerprint density at radius 2 is 1.73 bits per heavy atom. The Kier molecular flexibility index (Phi) is 2.90. The highest BCUT2D eigenvalue weighted by Gasteiger charge is 2.27. The first-order valence-corrected chi connectivity index (χ1v) is 4.48. The third-order valence-electron chi connectivity index (χ3n) is 3.00. The molecule has 2 atom stereocenters. The average molecular weight is 157 g/mol. The van der Waals surface area contributed by atoms with Crippen molar-refractivity contribution in [3.05, 3.63) is 0 Å². The molecule has 0 aliphatic carbocycles. The van der Waals surface area contributed by atoms with Crippen LogP contribution in [0.4, 0.5) is 0 Å². The van der Waals surface area contributed by atoms with Gasteiger partial charge in [-0.05, 0) is 39.7 Å². The number of hydrogen-bond donors (Lipinski definition) is 1. The predicted molar refractivity (Wildman–Crippen MR) is 46.5 cm³/mol. The van der Waals surface area contributed by atoms with Gasteiger partial charge in [0.2, 0.25) is 0 Å². The number of aliphatic hydroxyl groups excluding tert-OH is 1. The van der Waals surface area contributed by atoms with E-state index in [1.54, 1.807) is 0 Å².